The lowest BCUT2D eigenvalue weighted by Crippen LogP contribution is -2.34. The predicted octanol–water partition coefficient (Wildman–Crippen LogP) is 0.769. The maximum absolute atomic E-state index is 12.3. The molecule has 0 aromatic carbocycles. The quantitative estimate of drug-likeness (QED) is 0.894. The van der Waals surface area contributed by atoms with E-state index in [1.165, 1.54) is 7.11 Å². The van der Waals surface area contributed by atoms with Gasteiger partial charge in [-0.3, -0.25) is 9.48 Å². The van der Waals surface area contributed by atoms with Crippen molar-refractivity contribution in [2.75, 3.05) is 26.0 Å². The van der Waals surface area contributed by atoms with Gasteiger partial charge in [-0.1, -0.05) is 0 Å². The average Bonchev–Trinajstić information content (AvgIpc) is 3.16. The Bertz CT molecular complexity index is 714. The highest BCUT2D eigenvalue weighted by Gasteiger charge is 2.33. The summed E-state index contributed by atoms with van der Waals surface area (Å²) >= 11 is 0. The first-order chi connectivity index (χ1) is 11.1. The molecule has 1 fully saturated rings. The van der Waals surface area contributed by atoms with Crippen LogP contribution in [-0.2, 0) is 16.6 Å². The highest BCUT2D eigenvalue weighted by Crippen LogP contribution is 2.36. The molecule has 0 radical (unpaired) electrons. The molecule has 1 unspecified atom stereocenters. The number of carbonyl (C=O) groups excluding carboxylic acids is 1. The molecule has 2 N–H and O–H groups in total. The predicted molar refractivity (Wildman–Crippen MR) is 84.2 cm³/mol. The number of carbonyl (C=O) groups is 1. The number of hydrogen-bond acceptors (Lipinski definition) is 6. The Balaban J connectivity index is 2.01. The summed E-state index contributed by atoms with van der Waals surface area (Å²) in [5, 5.41) is 4.20. The molecule has 0 spiro atoms. The molecule has 0 saturated carbocycles. The van der Waals surface area contributed by atoms with Crippen molar-refractivity contribution < 1.29 is 9.53 Å². The average molecular weight is 316 g/mol. The number of nitrogen functional groups attached to an aromatic ring is 1. The summed E-state index contributed by atoms with van der Waals surface area (Å²) in [5.74, 6) is 0.169. The third-order valence-corrected chi connectivity index (χ3v) is 4.01. The maximum Gasteiger partial charge on any atom is 0.249 e. The second-order valence-electron chi connectivity index (χ2n) is 5.61. The van der Waals surface area contributed by atoms with E-state index in [4.69, 9.17) is 10.5 Å². The highest BCUT2D eigenvalue weighted by molar-refractivity contribution is 5.79. The van der Waals surface area contributed by atoms with E-state index in [1.54, 1.807) is 17.1 Å². The van der Waals surface area contributed by atoms with Crippen LogP contribution in [0.3, 0.4) is 0 Å². The van der Waals surface area contributed by atoms with Crippen LogP contribution in [-0.4, -0.2) is 50.8 Å². The first-order valence-corrected chi connectivity index (χ1v) is 7.50. The van der Waals surface area contributed by atoms with Crippen molar-refractivity contribution in [2.45, 2.75) is 18.9 Å². The summed E-state index contributed by atoms with van der Waals surface area (Å²) in [7, 11) is 3.37. The van der Waals surface area contributed by atoms with Crippen LogP contribution in [0.25, 0.3) is 11.1 Å². The number of methoxy groups -OCH3 is 1. The van der Waals surface area contributed by atoms with E-state index < -0.39 is 0 Å². The lowest BCUT2D eigenvalue weighted by molar-refractivity contribution is -0.136. The fraction of sp³-hybridized carbons (Fsp3) is 0.467. The lowest BCUT2D eigenvalue weighted by Gasteiger charge is -2.25. The minimum Gasteiger partial charge on any atom is -0.375 e. The van der Waals surface area contributed by atoms with Gasteiger partial charge >= 0.3 is 0 Å². The van der Waals surface area contributed by atoms with Crippen molar-refractivity contribution >= 4 is 11.9 Å². The third kappa shape index (κ3) is 3.02. The van der Waals surface area contributed by atoms with Gasteiger partial charge in [0.05, 0.1) is 17.9 Å². The lowest BCUT2D eigenvalue weighted by atomic mass is 10.0. The smallest absolute Gasteiger partial charge is 0.249 e. The zero-order valence-electron chi connectivity index (χ0n) is 13.3. The largest absolute Gasteiger partial charge is 0.375 e. The Labute approximate surface area is 134 Å². The summed E-state index contributed by atoms with van der Waals surface area (Å²) in [6.45, 7) is 0.766. The van der Waals surface area contributed by atoms with Crippen LogP contribution in [0.5, 0.6) is 0 Å². The summed E-state index contributed by atoms with van der Waals surface area (Å²) < 4.78 is 6.70. The van der Waals surface area contributed by atoms with E-state index in [-0.39, 0.29) is 24.5 Å². The van der Waals surface area contributed by atoms with Gasteiger partial charge < -0.3 is 15.4 Å². The number of nitrogens with zero attached hydrogens (tertiary/aromatic N) is 5. The molecule has 1 amide bonds. The summed E-state index contributed by atoms with van der Waals surface area (Å²) in [4.78, 5) is 22.6. The van der Waals surface area contributed by atoms with Crippen LogP contribution in [0, 0.1) is 0 Å². The van der Waals surface area contributed by atoms with Gasteiger partial charge in [-0.15, -0.1) is 0 Å². The molecule has 0 bridgehead atoms. The van der Waals surface area contributed by atoms with Gasteiger partial charge in [0.1, 0.15) is 6.61 Å². The van der Waals surface area contributed by atoms with E-state index in [0.29, 0.717) is 6.54 Å². The Morgan fingerprint density at radius 3 is 3.00 bits per heavy atom. The Hall–Kier alpha value is -2.48. The summed E-state index contributed by atoms with van der Waals surface area (Å²) in [6, 6.07) is -0.113. The van der Waals surface area contributed by atoms with E-state index in [1.807, 2.05) is 18.1 Å². The van der Waals surface area contributed by atoms with Crippen LogP contribution in [0.1, 0.15) is 24.6 Å². The molecule has 2 aromatic heterocycles. The summed E-state index contributed by atoms with van der Waals surface area (Å²) in [5.41, 5.74) is 8.32. The molecule has 1 aliphatic heterocycles. The fourth-order valence-corrected chi connectivity index (χ4v) is 3.00. The number of amides is 1. The van der Waals surface area contributed by atoms with Gasteiger partial charge in [-0.05, 0) is 12.8 Å². The van der Waals surface area contributed by atoms with Crippen molar-refractivity contribution in [3.63, 3.8) is 0 Å². The van der Waals surface area contributed by atoms with Gasteiger partial charge in [-0.2, -0.15) is 5.10 Å². The van der Waals surface area contributed by atoms with Gasteiger partial charge in [0.2, 0.25) is 11.9 Å². The monoisotopic (exact) mass is 316 g/mol. The highest BCUT2D eigenvalue weighted by atomic mass is 16.5. The van der Waals surface area contributed by atoms with E-state index in [2.05, 4.69) is 15.1 Å². The Morgan fingerprint density at radius 1 is 1.48 bits per heavy atom. The normalized spacial score (nSPS) is 17.7. The zero-order chi connectivity index (χ0) is 16.4. The molecule has 3 heterocycles. The van der Waals surface area contributed by atoms with E-state index >= 15 is 0 Å². The van der Waals surface area contributed by atoms with Crippen molar-refractivity contribution in [1.82, 2.24) is 24.6 Å². The number of anilines is 1. The first-order valence-electron chi connectivity index (χ1n) is 7.50. The number of aryl methyl sites for hydroxylation is 1. The van der Waals surface area contributed by atoms with Crippen molar-refractivity contribution in [3.8, 4) is 11.1 Å². The third-order valence-electron chi connectivity index (χ3n) is 4.01. The second kappa shape index (κ2) is 6.33. The molecule has 1 atom stereocenters. The minimum atomic E-state index is -0.113. The van der Waals surface area contributed by atoms with Gasteiger partial charge in [0.25, 0.3) is 0 Å². The number of aromatic nitrogens is 4. The molecule has 3 rings (SSSR count). The van der Waals surface area contributed by atoms with Gasteiger partial charge in [0.15, 0.2) is 0 Å². The molecular weight excluding hydrogens is 296 g/mol. The maximum atomic E-state index is 12.3. The SMILES string of the molecule is COCC(=O)N1CCCC1c1nc(N)ncc1-c1cnn(C)c1. The molecular formula is C15H20N6O2. The van der Waals surface area contributed by atoms with Crippen molar-refractivity contribution in [2.24, 2.45) is 7.05 Å². The molecule has 1 aliphatic rings. The van der Waals surface area contributed by atoms with Crippen molar-refractivity contribution in [3.05, 3.63) is 24.3 Å². The van der Waals surface area contributed by atoms with E-state index in [9.17, 15) is 4.79 Å². The van der Waals surface area contributed by atoms with Gasteiger partial charge in [-0.25, -0.2) is 9.97 Å². The van der Waals surface area contributed by atoms with Crippen LogP contribution in [0.15, 0.2) is 18.6 Å². The first kappa shape index (κ1) is 15.4. The molecule has 8 nitrogen and oxygen atoms in total. The summed E-state index contributed by atoms with van der Waals surface area (Å²) in [6.07, 6.45) is 7.13. The zero-order valence-corrected chi connectivity index (χ0v) is 13.3. The number of nitrogens with two attached hydrogens (primary N) is 1. The number of hydrogen-bond donors (Lipinski definition) is 1. The number of ether oxygens (including phenoxy) is 1. The molecule has 2 aromatic rings. The molecule has 1 saturated heterocycles. The van der Waals surface area contributed by atoms with Gasteiger partial charge in [0, 0.05) is 44.2 Å². The van der Waals surface area contributed by atoms with Crippen LogP contribution in [0.2, 0.25) is 0 Å². The fourth-order valence-electron chi connectivity index (χ4n) is 3.00. The van der Waals surface area contributed by atoms with E-state index in [0.717, 1.165) is 29.7 Å². The molecule has 122 valence electrons. The van der Waals surface area contributed by atoms with Crippen LogP contribution in [0.4, 0.5) is 5.95 Å². The standard InChI is InChI=1S/C15H20N6O2/c1-20-8-10(6-18-20)11-7-17-15(16)19-14(11)12-4-3-5-21(12)13(22)9-23-2/h6-8,12H,3-5,9H2,1-2H3,(H2,16,17,19). The topological polar surface area (TPSA) is 99.2 Å². The minimum absolute atomic E-state index is 0.0377. The number of rotatable bonds is 4. The number of likely N-dealkylation sites (tertiary alicyclic amines) is 1. The Morgan fingerprint density at radius 2 is 2.30 bits per heavy atom. The second-order valence-corrected chi connectivity index (χ2v) is 5.61. The van der Waals surface area contributed by atoms with Crippen molar-refractivity contribution in [1.29, 1.82) is 0 Å². The molecule has 8 heteroatoms. The molecule has 23 heavy (non-hydrogen) atoms. The van der Waals surface area contributed by atoms with Crippen LogP contribution < -0.4 is 5.73 Å². The van der Waals surface area contributed by atoms with Crippen LogP contribution >= 0.6 is 0 Å². The Kier molecular flexibility index (Phi) is 4.24. The molecule has 0 aliphatic carbocycles.